The highest BCUT2D eigenvalue weighted by atomic mass is 16.7. The summed E-state index contributed by atoms with van der Waals surface area (Å²) < 4.78 is 0. The first kappa shape index (κ1) is 26.1. The standard InChI is InChI=1S/C12H24O2.C8H17NO2/c1-2-3-4-5-6-7-8-9-10-11-12(13)14;1-3-4-5-6-7-8(2)11-9-10/h2-11H2,1H3,(H,13,14);8H,3-7H2,1-2H3. The number of nitrogens with zero attached hydrogens (tertiary/aromatic N) is 1. The van der Waals surface area contributed by atoms with Crippen LogP contribution in [0, 0.1) is 4.91 Å². The van der Waals surface area contributed by atoms with E-state index in [2.05, 4.69) is 24.0 Å². The summed E-state index contributed by atoms with van der Waals surface area (Å²) in [6.07, 6.45) is 17.3. The molecule has 1 atom stereocenters. The van der Waals surface area contributed by atoms with Gasteiger partial charge >= 0.3 is 5.97 Å². The minimum Gasteiger partial charge on any atom is -0.481 e. The lowest BCUT2D eigenvalue weighted by molar-refractivity contribution is -0.137. The Kier molecular flexibility index (Phi) is 23.9. The fraction of sp³-hybridized carbons (Fsp3) is 0.950. The van der Waals surface area contributed by atoms with Gasteiger partial charge in [0.05, 0.1) is 0 Å². The summed E-state index contributed by atoms with van der Waals surface area (Å²) in [6, 6.07) is 0. The summed E-state index contributed by atoms with van der Waals surface area (Å²) in [6.45, 7) is 6.27. The largest absolute Gasteiger partial charge is 0.481 e. The summed E-state index contributed by atoms with van der Waals surface area (Å²) >= 11 is 0. The first-order valence-electron chi connectivity index (χ1n) is 10.3. The molecular formula is C20H41NO4. The average Bonchev–Trinajstić information content (AvgIpc) is 2.58. The Hall–Kier alpha value is -1.13. The van der Waals surface area contributed by atoms with Crippen molar-refractivity contribution in [1.29, 1.82) is 0 Å². The maximum Gasteiger partial charge on any atom is 0.303 e. The van der Waals surface area contributed by atoms with E-state index in [0.29, 0.717) is 6.42 Å². The highest BCUT2D eigenvalue weighted by Crippen LogP contribution is 2.10. The van der Waals surface area contributed by atoms with E-state index in [9.17, 15) is 9.70 Å². The van der Waals surface area contributed by atoms with Gasteiger partial charge in [0.25, 0.3) is 0 Å². The van der Waals surface area contributed by atoms with Gasteiger partial charge in [0.2, 0.25) is 0 Å². The van der Waals surface area contributed by atoms with Gasteiger partial charge in [-0.15, -0.1) is 4.91 Å². The van der Waals surface area contributed by atoms with Crippen molar-refractivity contribution in [3.05, 3.63) is 4.91 Å². The Morgan fingerprint density at radius 2 is 1.28 bits per heavy atom. The van der Waals surface area contributed by atoms with Crippen molar-refractivity contribution in [3.8, 4) is 0 Å². The number of unbranched alkanes of at least 4 members (excludes halogenated alkanes) is 11. The van der Waals surface area contributed by atoms with Gasteiger partial charge in [-0.05, 0) is 26.2 Å². The fourth-order valence-electron chi connectivity index (χ4n) is 2.57. The normalized spacial score (nSPS) is 11.3. The van der Waals surface area contributed by atoms with Crippen molar-refractivity contribution in [2.24, 2.45) is 5.34 Å². The summed E-state index contributed by atoms with van der Waals surface area (Å²) in [5.41, 5.74) is 0. The molecule has 0 fully saturated rings. The van der Waals surface area contributed by atoms with E-state index in [1.165, 1.54) is 64.2 Å². The third kappa shape index (κ3) is 28.0. The van der Waals surface area contributed by atoms with E-state index in [0.717, 1.165) is 25.7 Å². The predicted molar refractivity (Wildman–Crippen MR) is 105 cm³/mol. The zero-order valence-electron chi connectivity index (χ0n) is 16.8. The van der Waals surface area contributed by atoms with E-state index in [4.69, 9.17) is 5.11 Å². The number of aliphatic carboxylic acids is 1. The maximum atomic E-state index is 10.2. The van der Waals surface area contributed by atoms with Crippen LogP contribution in [0.3, 0.4) is 0 Å². The molecule has 0 saturated heterocycles. The molecule has 0 rings (SSSR count). The lowest BCUT2D eigenvalue weighted by Gasteiger charge is -2.05. The lowest BCUT2D eigenvalue weighted by Crippen LogP contribution is -2.02. The minimum atomic E-state index is -0.659. The van der Waals surface area contributed by atoms with Crippen molar-refractivity contribution in [2.45, 2.75) is 123 Å². The third-order valence-corrected chi connectivity index (χ3v) is 4.18. The molecule has 0 aliphatic carbocycles. The molecule has 0 saturated carbocycles. The van der Waals surface area contributed by atoms with Gasteiger partial charge in [-0.1, -0.05) is 84.5 Å². The van der Waals surface area contributed by atoms with Gasteiger partial charge < -0.3 is 9.94 Å². The predicted octanol–water partition coefficient (Wildman–Crippen LogP) is 7.04. The molecule has 0 radical (unpaired) electrons. The van der Waals surface area contributed by atoms with E-state index < -0.39 is 5.97 Å². The van der Waals surface area contributed by atoms with Crippen molar-refractivity contribution in [1.82, 2.24) is 0 Å². The van der Waals surface area contributed by atoms with Gasteiger partial charge in [-0.25, -0.2) is 0 Å². The van der Waals surface area contributed by atoms with Crippen LogP contribution in [0.5, 0.6) is 0 Å². The quantitative estimate of drug-likeness (QED) is 0.172. The molecule has 5 heteroatoms. The van der Waals surface area contributed by atoms with Gasteiger partial charge in [-0.2, -0.15) is 0 Å². The SMILES string of the molecule is CCCCCCC(C)ON=O.CCCCCCCCCCCC(=O)O. The molecule has 0 spiro atoms. The van der Waals surface area contributed by atoms with Crippen LogP contribution < -0.4 is 0 Å². The lowest BCUT2D eigenvalue weighted by atomic mass is 10.1. The third-order valence-electron chi connectivity index (χ3n) is 4.18. The molecular weight excluding hydrogens is 318 g/mol. The summed E-state index contributed by atoms with van der Waals surface area (Å²) in [7, 11) is 0. The summed E-state index contributed by atoms with van der Waals surface area (Å²) in [4.78, 5) is 24.3. The van der Waals surface area contributed by atoms with Gasteiger partial charge in [-0.3, -0.25) is 4.79 Å². The monoisotopic (exact) mass is 359 g/mol. The Morgan fingerprint density at radius 3 is 1.72 bits per heavy atom. The Bertz CT molecular complexity index is 285. The highest BCUT2D eigenvalue weighted by molar-refractivity contribution is 5.66. The van der Waals surface area contributed by atoms with Crippen LogP contribution in [0.15, 0.2) is 5.34 Å². The number of rotatable bonds is 17. The minimum absolute atomic E-state index is 0.00986. The van der Waals surface area contributed by atoms with Crippen LogP contribution >= 0.6 is 0 Å². The Balaban J connectivity index is 0. The molecule has 0 aliphatic heterocycles. The molecule has 0 bridgehead atoms. The van der Waals surface area contributed by atoms with E-state index >= 15 is 0 Å². The number of carbonyl (C=O) groups is 1. The topological polar surface area (TPSA) is 76.0 Å². The Labute approximate surface area is 154 Å². The summed E-state index contributed by atoms with van der Waals surface area (Å²) in [5, 5.41) is 10.8. The van der Waals surface area contributed by atoms with Crippen molar-refractivity contribution < 1.29 is 14.7 Å². The molecule has 0 aliphatic rings. The molecule has 0 heterocycles. The zero-order chi connectivity index (χ0) is 19.2. The van der Waals surface area contributed by atoms with E-state index in [1.54, 1.807) is 0 Å². The molecule has 0 aromatic heterocycles. The van der Waals surface area contributed by atoms with Crippen LogP contribution in [0.4, 0.5) is 0 Å². The number of carboxylic acid groups (broad SMARTS) is 1. The second-order valence-corrected chi connectivity index (χ2v) is 6.81. The van der Waals surface area contributed by atoms with Crippen LogP contribution in [0.25, 0.3) is 0 Å². The van der Waals surface area contributed by atoms with Gasteiger partial charge in [0, 0.05) is 6.42 Å². The highest BCUT2D eigenvalue weighted by Gasteiger charge is 2.01. The summed E-state index contributed by atoms with van der Waals surface area (Å²) in [5.74, 6) is -0.659. The van der Waals surface area contributed by atoms with Gasteiger partial charge in [0.1, 0.15) is 6.10 Å². The molecule has 1 N–H and O–H groups in total. The zero-order valence-corrected chi connectivity index (χ0v) is 16.8. The van der Waals surface area contributed by atoms with E-state index in [1.807, 2.05) is 6.92 Å². The van der Waals surface area contributed by atoms with E-state index in [-0.39, 0.29) is 6.10 Å². The molecule has 25 heavy (non-hydrogen) atoms. The van der Waals surface area contributed by atoms with Crippen molar-refractivity contribution in [3.63, 3.8) is 0 Å². The fourth-order valence-corrected chi connectivity index (χ4v) is 2.57. The van der Waals surface area contributed by atoms with Crippen LogP contribution in [-0.4, -0.2) is 17.2 Å². The number of hydrogen-bond donors (Lipinski definition) is 1. The van der Waals surface area contributed by atoms with Gasteiger partial charge in [0.15, 0.2) is 5.34 Å². The second-order valence-electron chi connectivity index (χ2n) is 6.81. The average molecular weight is 360 g/mol. The smallest absolute Gasteiger partial charge is 0.303 e. The van der Waals surface area contributed by atoms with Crippen molar-refractivity contribution in [2.75, 3.05) is 0 Å². The molecule has 0 amide bonds. The number of hydrogen-bond acceptors (Lipinski definition) is 4. The van der Waals surface area contributed by atoms with Crippen LogP contribution in [0.2, 0.25) is 0 Å². The van der Waals surface area contributed by atoms with Crippen LogP contribution in [-0.2, 0) is 9.63 Å². The van der Waals surface area contributed by atoms with Crippen LogP contribution in [0.1, 0.15) is 117 Å². The molecule has 1 unspecified atom stereocenters. The molecule has 150 valence electrons. The molecule has 0 aromatic carbocycles. The second kappa shape index (κ2) is 22.9. The first-order chi connectivity index (χ1) is 12.1. The molecule has 0 aromatic rings. The number of carboxylic acids is 1. The maximum absolute atomic E-state index is 10.2. The van der Waals surface area contributed by atoms with Crippen molar-refractivity contribution >= 4 is 5.97 Å². The first-order valence-corrected chi connectivity index (χ1v) is 10.3. The molecule has 5 nitrogen and oxygen atoms in total. The Morgan fingerprint density at radius 1 is 0.840 bits per heavy atom.